The van der Waals surface area contributed by atoms with Crippen LogP contribution in [0, 0.1) is 5.92 Å². The zero-order valence-corrected chi connectivity index (χ0v) is 17.0. The number of carbonyl (C=O) groups excluding carboxylic acids is 1. The molecule has 28 heavy (non-hydrogen) atoms. The number of hydrogen-bond acceptors (Lipinski definition) is 3. The number of carboxylic acid groups (broad SMARTS) is 1. The number of carbonyl (C=O) groups is 1. The van der Waals surface area contributed by atoms with Gasteiger partial charge in [0.1, 0.15) is 0 Å². The van der Waals surface area contributed by atoms with Gasteiger partial charge in [0.2, 0.25) is 0 Å². The third-order valence-corrected chi connectivity index (χ3v) is 10.7. The summed E-state index contributed by atoms with van der Waals surface area (Å²) in [5.74, 6) is -1.63. The Morgan fingerprint density at radius 1 is 0.786 bits per heavy atom. The first-order valence-electron chi connectivity index (χ1n) is 9.23. The molecule has 1 aliphatic rings. The number of hydrogen-bond donors (Lipinski definition) is 0. The molecule has 1 heterocycles. The standard InChI is InChI=1S/C23H22O3Si.Li/c24-22(25)21-16-17-26-23(21)27(18-10-4-1-5-11-18,19-12-6-2-7-13-19)20-14-8-3-9-15-20;/h1-15,21,23H,16-17H2,(H,24,25);/q;+1/p-1. The summed E-state index contributed by atoms with van der Waals surface area (Å²) in [4.78, 5) is 12.0. The van der Waals surface area contributed by atoms with Gasteiger partial charge in [-0.25, -0.2) is 0 Å². The van der Waals surface area contributed by atoms with E-state index in [1.807, 2.05) is 54.6 Å². The summed E-state index contributed by atoms with van der Waals surface area (Å²) in [5, 5.41) is 15.4. The molecule has 2 atom stereocenters. The zero-order valence-electron chi connectivity index (χ0n) is 16.0. The van der Waals surface area contributed by atoms with E-state index in [4.69, 9.17) is 4.74 Å². The van der Waals surface area contributed by atoms with E-state index in [0.717, 1.165) is 15.6 Å². The van der Waals surface area contributed by atoms with Crippen LogP contribution in [0.25, 0.3) is 0 Å². The fourth-order valence-corrected chi connectivity index (χ4v) is 9.77. The molecule has 4 rings (SSSR count). The van der Waals surface area contributed by atoms with Crippen LogP contribution in [-0.2, 0) is 9.53 Å². The summed E-state index contributed by atoms with van der Waals surface area (Å²) >= 11 is 0. The summed E-state index contributed by atoms with van der Waals surface area (Å²) in [5.41, 5.74) is -0.408. The molecule has 0 spiro atoms. The van der Waals surface area contributed by atoms with Crippen molar-refractivity contribution in [2.45, 2.75) is 12.1 Å². The molecule has 5 heteroatoms. The average Bonchev–Trinajstić information content (AvgIpc) is 3.22. The maximum atomic E-state index is 12.0. The Hall–Kier alpha value is -2.10. The monoisotopic (exact) mass is 380 g/mol. The largest absolute Gasteiger partial charge is 1.00 e. The Balaban J connectivity index is 0.00000225. The SMILES string of the molecule is O=C([O-])C1CCOC1[Si](c1ccccc1)(c1ccccc1)c1ccccc1.[Li+]. The summed E-state index contributed by atoms with van der Waals surface area (Å²) < 4.78 is 6.20. The second kappa shape index (κ2) is 8.94. The molecule has 0 aliphatic carbocycles. The van der Waals surface area contributed by atoms with Crippen molar-refractivity contribution < 1.29 is 33.5 Å². The van der Waals surface area contributed by atoms with Gasteiger partial charge in [0.15, 0.2) is 8.07 Å². The molecule has 0 amide bonds. The fourth-order valence-electron chi connectivity index (χ4n) is 4.35. The maximum Gasteiger partial charge on any atom is 1.00 e. The molecule has 2 unspecified atom stereocenters. The van der Waals surface area contributed by atoms with Crippen molar-refractivity contribution in [1.82, 2.24) is 0 Å². The van der Waals surface area contributed by atoms with Crippen molar-refractivity contribution in [3.8, 4) is 0 Å². The third-order valence-electron chi connectivity index (χ3n) is 5.51. The van der Waals surface area contributed by atoms with Crippen LogP contribution in [0.15, 0.2) is 91.0 Å². The predicted molar refractivity (Wildman–Crippen MR) is 107 cm³/mol. The number of rotatable bonds is 5. The minimum Gasteiger partial charge on any atom is -0.550 e. The molecule has 0 bridgehead atoms. The second-order valence-electron chi connectivity index (χ2n) is 6.91. The van der Waals surface area contributed by atoms with Crippen molar-refractivity contribution >= 4 is 29.6 Å². The molecule has 3 aromatic carbocycles. The molecule has 0 radical (unpaired) electrons. The summed E-state index contributed by atoms with van der Waals surface area (Å²) in [7, 11) is -2.76. The van der Waals surface area contributed by atoms with Gasteiger partial charge in [0.05, 0.1) is 5.73 Å². The molecular formula is C23H21LiO3Si. The molecule has 0 saturated carbocycles. The van der Waals surface area contributed by atoms with E-state index in [1.165, 1.54) is 0 Å². The van der Waals surface area contributed by atoms with Crippen LogP contribution in [0.4, 0.5) is 0 Å². The second-order valence-corrected chi connectivity index (χ2v) is 10.8. The Labute approximate surface area is 178 Å². The molecule has 0 N–H and O–H groups in total. The quantitative estimate of drug-likeness (QED) is 0.375. The van der Waals surface area contributed by atoms with Gasteiger partial charge in [0, 0.05) is 18.5 Å². The van der Waals surface area contributed by atoms with Crippen LogP contribution >= 0.6 is 0 Å². The normalized spacial score (nSPS) is 19.0. The van der Waals surface area contributed by atoms with E-state index >= 15 is 0 Å². The van der Waals surface area contributed by atoms with Crippen LogP contribution in [0.1, 0.15) is 6.42 Å². The van der Waals surface area contributed by atoms with Gasteiger partial charge in [-0.15, -0.1) is 0 Å². The summed E-state index contributed by atoms with van der Waals surface area (Å²) in [6.07, 6.45) is 0.494. The van der Waals surface area contributed by atoms with Crippen LogP contribution in [0.5, 0.6) is 0 Å². The number of benzene rings is 3. The van der Waals surface area contributed by atoms with Gasteiger partial charge in [0.25, 0.3) is 0 Å². The number of carboxylic acids is 1. The average molecular weight is 380 g/mol. The molecule has 0 aromatic heterocycles. The first-order valence-corrected chi connectivity index (χ1v) is 11.3. The summed E-state index contributed by atoms with van der Waals surface area (Å²) in [6.45, 7) is 0.449. The van der Waals surface area contributed by atoms with Gasteiger partial charge in [-0.1, -0.05) is 91.0 Å². The van der Waals surface area contributed by atoms with E-state index in [9.17, 15) is 9.90 Å². The van der Waals surface area contributed by atoms with Crippen LogP contribution < -0.4 is 39.5 Å². The molecule has 136 valence electrons. The number of aliphatic carboxylic acids is 1. The van der Waals surface area contributed by atoms with Gasteiger partial charge >= 0.3 is 18.9 Å². The first-order chi connectivity index (χ1) is 13.2. The third kappa shape index (κ3) is 3.49. The van der Waals surface area contributed by atoms with E-state index in [2.05, 4.69) is 36.4 Å². The van der Waals surface area contributed by atoms with E-state index < -0.39 is 25.7 Å². The molecule has 1 fully saturated rings. The molecule has 3 nitrogen and oxygen atoms in total. The van der Waals surface area contributed by atoms with E-state index in [0.29, 0.717) is 13.0 Å². The molecule has 1 saturated heterocycles. The predicted octanol–water partition coefficient (Wildman–Crippen LogP) is -2.14. The van der Waals surface area contributed by atoms with Crippen molar-refractivity contribution in [1.29, 1.82) is 0 Å². The molecule has 1 aliphatic heterocycles. The zero-order chi connectivity index (χ0) is 18.7. The van der Waals surface area contributed by atoms with Crippen molar-refractivity contribution in [2.24, 2.45) is 5.92 Å². The Morgan fingerprint density at radius 3 is 1.54 bits per heavy atom. The Morgan fingerprint density at radius 2 is 1.18 bits per heavy atom. The molecular weight excluding hydrogens is 359 g/mol. The minimum atomic E-state index is -2.76. The Kier molecular flexibility index (Phi) is 6.59. The Bertz CT molecular complexity index is 806. The van der Waals surface area contributed by atoms with Crippen LogP contribution in [0.3, 0.4) is 0 Å². The maximum absolute atomic E-state index is 12.0. The number of ether oxygens (including phenoxy) is 1. The van der Waals surface area contributed by atoms with Crippen LogP contribution in [-0.4, -0.2) is 26.4 Å². The van der Waals surface area contributed by atoms with Gasteiger partial charge in [-0.05, 0) is 22.0 Å². The van der Waals surface area contributed by atoms with Gasteiger partial charge in [-0.3, -0.25) is 0 Å². The van der Waals surface area contributed by atoms with Crippen LogP contribution in [0.2, 0.25) is 0 Å². The minimum absolute atomic E-state index is 0. The first kappa shape index (κ1) is 20.6. The van der Waals surface area contributed by atoms with Crippen molar-refractivity contribution in [3.63, 3.8) is 0 Å². The van der Waals surface area contributed by atoms with E-state index in [-0.39, 0.29) is 18.9 Å². The summed E-state index contributed by atoms with van der Waals surface area (Å²) in [6, 6.07) is 30.8. The van der Waals surface area contributed by atoms with Gasteiger partial charge in [-0.2, -0.15) is 0 Å². The van der Waals surface area contributed by atoms with E-state index in [1.54, 1.807) is 0 Å². The smallest absolute Gasteiger partial charge is 0.550 e. The van der Waals surface area contributed by atoms with Gasteiger partial charge < -0.3 is 14.6 Å². The molecule has 3 aromatic rings. The topological polar surface area (TPSA) is 49.4 Å². The van der Waals surface area contributed by atoms with Crippen molar-refractivity contribution in [3.05, 3.63) is 91.0 Å². The van der Waals surface area contributed by atoms with Crippen molar-refractivity contribution in [2.75, 3.05) is 6.61 Å². The fraction of sp³-hybridized carbons (Fsp3) is 0.174.